The Morgan fingerprint density at radius 1 is 1.12 bits per heavy atom. The maximum absolute atomic E-state index is 13.2. The normalized spacial score (nSPS) is 17.2. The molecule has 6 heteroatoms. The lowest BCUT2D eigenvalue weighted by atomic mass is 9.87. The first-order valence-electron chi connectivity index (χ1n) is 11.9. The van der Waals surface area contributed by atoms with Crippen molar-refractivity contribution in [3.05, 3.63) is 88.9 Å². The summed E-state index contributed by atoms with van der Waals surface area (Å²) in [4.78, 5) is 29.4. The van der Waals surface area contributed by atoms with Gasteiger partial charge in [0, 0.05) is 19.5 Å². The van der Waals surface area contributed by atoms with Gasteiger partial charge in [-0.3, -0.25) is 9.59 Å². The van der Waals surface area contributed by atoms with Gasteiger partial charge in [0.15, 0.2) is 6.61 Å². The van der Waals surface area contributed by atoms with Crippen LogP contribution in [0.3, 0.4) is 0 Å². The largest absolute Gasteiger partial charge is 0.484 e. The van der Waals surface area contributed by atoms with E-state index < -0.39 is 0 Å². The van der Waals surface area contributed by atoms with Gasteiger partial charge in [-0.15, -0.1) is 0 Å². The monoisotopic (exact) mass is 458 g/mol. The first-order valence-corrected chi connectivity index (χ1v) is 11.9. The fraction of sp³-hybridized carbons (Fsp3) is 0.357. The Hall–Kier alpha value is -3.54. The zero-order valence-corrected chi connectivity index (χ0v) is 19.7. The summed E-state index contributed by atoms with van der Waals surface area (Å²) in [6.45, 7) is 3.12. The second kappa shape index (κ2) is 9.37. The second-order valence-electron chi connectivity index (χ2n) is 9.35. The average Bonchev–Trinajstić information content (AvgIpc) is 3.58. The highest BCUT2D eigenvalue weighted by atomic mass is 16.5. The standard InChI is InChI=1S/C28H30N2O4/c1-19-5-7-21(8-6-19)27-25-16-23(34-18-26(31)29(2)17-24-4-3-15-33-24)12-11-20(25)13-14-30(27)28(32)22-9-10-22/h3-8,11-12,15-16,22,27H,9-10,13-14,17-18H2,1-2H3. The van der Waals surface area contributed by atoms with E-state index >= 15 is 0 Å². The molecule has 1 unspecified atom stereocenters. The summed E-state index contributed by atoms with van der Waals surface area (Å²) in [5.74, 6) is 1.64. The molecule has 1 atom stereocenters. The van der Waals surface area contributed by atoms with Crippen molar-refractivity contribution < 1.29 is 18.7 Å². The topological polar surface area (TPSA) is 63.0 Å². The average molecular weight is 459 g/mol. The molecule has 1 aliphatic carbocycles. The molecule has 176 valence electrons. The van der Waals surface area contributed by atoms with E-state index in [1.807, 2.05) is 23.1 Å². The van der Waals surface area contributed by atoms with Gasteiger partial charge >= 0.3 is 0 Å². The molecule has 1 saturated carbocycles. The van der Waals surface area contributed by atoms with Crippen molar-refractivity contribution in [3.8, 4) is 5.75 Å². The molecule has 1 aliphatic heterocycles. The van der Waals surface area contributed by atoms with Crippen LogP contribution in [-0.4, -0.2) is 41.8 Å². The highest BCUT2D eigenvalue weighted by Gasteiger charge is 2.39. The Bertz CT molecular complexity index is 1170. The minimum Gasteiger partial charge on any atom is -0.484 e. The van der Waals surface area contributed by atoms with Crippen LogP contribution >= 0.6 is 0 Å². The van der Waals surface area contributed by atoms with Crippen LogP contribution in [0.5, 0.6) is 5.75 Å². The van der Waals surface area contributed by atoms with E-state index in [9.17, 15) is 9.59 Å². The third-order valence-corrected chi connectivity index (χ3v) is 6.71. The first-order chi connectivity index (χ1) is 16.5. The Labute approximate surface area is 200 Å². The molecule has 6 nitrogen and oxygen atoms in total. The van der Waals surface area contributed by atoms with E-state index in [-0.39, 0.29) is 30.4 Å². The van der Waals surface area contributed by atoms with Gasteiger partial charge in [-0.25, -0.2) is 0 Å². The van der Waals surface area contributed by atoms with Crippen LogP contribution < -0.4 is 4.74 Å². The SMILES string of the molecule is Cc1ccc(C2c3cc(OCC(=O)N(C)Cc4ccco4)ccc3CCN2C(=O)C2CC2)cc1. The van der Waals surface area contributed by atoms with Crippen molar-refractivity contribution in [1.82, 2.24) is 9.80 Å². The van der Waals surface area contributed by atoms with Gasteiger partial charge in [-0.1, -0.05) is 35.9 Å². The maximum atomic E-state index is 13.2. The second-order valence-corrected chi connectivity index (χ2v) is 9.35. The quantitative estimate of drug-likeness (QED) is 0.523. The molecule has 0 bridgehead atoms. The van der Waals surface area contributed by atoms with E-state index in [0.717, 1.165) is 42.7 Å². The van der Waals surface area contributed by atoms with E-state index in [1.165, 1.54) is 11.1 Å². The summed E-state index contributed by atoms with van der Waals surface area (Å²) in [5, 5.41) is 0. The van der Waals surface area contributed by atoms with Gasteiger partial charge in [0.2, 0.25) is 5.91 Å². The third-order valence-electron chi connectivity index (χ3n) is 6.71. The van der Waals surface area contributed by atoms with Crippen molar-refractivity contribution in [2.45, 2.75) is 38.8 Å². The number of likely N-dealkylation sites (N-methyl/N-ethyl adjacent to an activating group) is 1. The number of furan rings is 1. The molecular formula is C28H30N2O4. The van der Waals surface area contributed by atoms with Crippen molar-refractivity contribution in [2.24, 2.45) is 5.92 Å². The summed E-state index contributed by atoms with van der Waals surface area (Å²) in [5.41, 5.74) is 4.60. The highest BCUT2D eigenvalue weighted by Crippen LogP contribution is 2.41. The van der Waals surface area contributed by atoms with Gasteiger partial charge in [0.05, 0.1) is 18.8 Å². The van der Waals surface area contributed by atoms with Crippen LogP contribution in [0.2, 0.25) is 0 Å². The number of aryl methyl sites for hydroxylation is 1. The molecule has 3 aromatic rings. The number of fused-ring (bicyclic) bond motifs is 1. The fourth-order valence-electron chi connectivity index (χ4n) is 4.57. The van der Waals surface area contributed by atoms with Crippen molar-refractivity contribution >= 4 is 11.8 Å². The lowest BCUT2D eigenvalue weighted by Crippen LogP contribution is -2.41. The lowest BCUT2D eigenvalue weighted by Gasteiger charge is -2.38. The van der Waals surface area contributed by atoms with Crippen molar-refractivity contribution in [1.29, 1.82) is 0 Å². The molecule has 2 heterocycles. The zero-order chi connectivity index (χ0) is 23.7. The fourth-order valence-corrected chi connectivity index (χ4v) is 4.57. The van der Waals surface area contributed by atoms with Crippen molar-refractivity contribution in [2.75, 3.05) is 20.2 Å². The summed E-state index contributed by atoms with van der Waals surface area (Å²) in [6.07, 6.45) is 4.39. The Morgan fingerprint density at radius 3 is 2.62 bits per heavy atom. The van der Waals surface area contributed by atoms with Crippen LogP contribution in [0, 0.1) is 12.8 Å². The third kappa shape index (κ3) is 4.72. The molecule has 2 aliphatic rings. The smallest absolute Gasteiger partial charge is 0.260 e. The molecule has 0 radical (unpaired) electrons. The molecule has 1 fully saturated rings. The van der Waals surface area contributed by atoms with Crippen molar-refractivity contribution in [3.63, 3.8) is 0 Å². The molecule has 0 N–H and O–H groups in total. The molecule has 0 spiro atoms. The number of amides is 2. The highest BCUT2D eigenvalue weighted by molar-refractivity contribution is 5.82. The minimum atomic E-state index is -0.140. The van der Waals surface area contributed by atoms with Crippen LogP contribution in [0.15, 0.2) is 65.3 Å². The number of hydrogen-bond donors (Lipinski definition) is 0. The first kappa shape index (κ1) is 22.3. The molecule has 5 rings (SSSR count). The predicted molar refractivity (Wildman–Crippen MR) is 128 cm³/mol. The lowest BCUT2D eigenvalue weighted by molar-refractivity contribution is -0.134. The van der Waals surface area contributed by atoms with Crippen LogP contribution in [0.4, 0.5) is 0 Å². The van der Waals surface area contributed by atoms with Gasteiger partial charge in [0.1, 0.15) is 11.5 Å². The number of ether oxygens (including phenoxy) is 1. The van der Waals surface area contributed by atoms with Crippen LogP contribution in [0.25, 0.3) is 0 Å². The number of hydrogen-bond acceptors (Lipinski definition) is 4. The van der Waals surface area contributed by atoms with E-state index in [2.05, 4.69) is 37.3 Å². The Balaban J connectivity index is 1.36. The van der Waals surface area contributed by atoms with E-state index in [4.69, 9.17) is 9.15 Å². The summed E-state index contributed by atoms with van der Waals surface area (Å²) in [6, 6.07) is 17.9. The Morgan fingerprint density at radius 2 is 1.91 bits per heavy atom. The summed E-state index contributed by atoms with van der Waals surface area (Å²) >= 11 is 0. The van der Waals surface area contributed by atoms with Gasteiger partial charge < -0.3 is 19.0 Å². The van der Waals surface area contributed by atoms with Gasteiger partial charge in [-0.05, 0) is 67.1 Å². The van der Waals surface area contributed by atoms with Crippen LogP contribution in [0.1, 0.15) is 46.9 Å². The molecule has 2 aromatic carbocycles. The maximum Gasteiger partial charge on any atom is 0.260 e. The number of benzene rings is 2. The number of rotatable bonds is 7. The summed E-state index contributed by atoms with van der Waals surface area (Å²) < 4.78 is 11.2. The number of carbonyl (C=O) groups excluding carboxylic acids is 2. The van der Waals surface area contributed by atoms with Crippen LogP contribution in [-0.2, 0) is 22.6 Å². The van der Waals surface area contributed by atoms with E-state index in [1.54, 1.807) is 24.3 Å². The molecule has 2 amide bonds. The Kier molecular flexibility index (Phi) is 6.14. The number of carbonyl (C=O) groups is 2. The van der Waals surface area contributed by atoms with Gasteiger partial charge in [-0.2, -0.15) is 0 Å². The summed E-state index contributed by atoms with van der Waals surface area (Å²) in [7, 11) is 1.73. The molecule has 34 heavy (non-hydrogen) atoms. The molecule has 0 saturated heterocycles. The zero-order valence-electron chi connectivity index (χ0n) is 19.7. The predicted octanol–water partition coefficient (Wildman–Crippen LogP) is 4.51. The molecule has 1 aromatic heterocycles. The molecular weight excluding hydrogens is 428 g/mol. The number of nitrogens with zero attached hydrogens (tertiary/aromatic N) is 2. The van der Waals surface area contributed by atoms with Gasteiger partial charge in [0.25, 0.3) is 5.91 Å². The minimum absolute atomic E-state index is 0.0596. The van der Waals surface area contributed by atoms with E-state index in [0.29, 0.717) is 12.3 Å².